The average Bonchev–Trinajstić information content (AvgIpc) is 2.67. The maximum absolute atomic E-state index is 11.9. The van der Waals surface area contributed by atoms with Crippen molar-refractivity contribution in [2.24, 2.45) is 0 Å². The molecule has 0 aromatic heterocycles. The molecule has 2 aliphatic heterocycles. The normalized spacial score (nSPS) is 26.5. The molecule has 1 aromatic rings. The first-order valence-corrected chi connectivity index (χ1v) is 7.48. The molecule has 5 heteroatoms. The van der Waals surface area contributed by atoms with E-state index >= 15 is 0 Å². The molecule has 0 fully saturated rings. The molecule has 4 nitrogen and oxygen atoms in total. The van der Waals surface area contributed by atoms with Gasteiger partial charge in [-0.2, -0.15) is 0 Å². The van der Waals surface area contributed by atoms with Gasteiger partial charge < -0.3 is 14.8 Å². The Labute approximate surface area is 125 Å². The van der Waals surface area contributed by atoms with Gasteiger partial charge in [0.25, 0.3) is 0 Å². The molecule has 2 atom stereocenters. The number of carbonyl (C=O) groups excluding carboxylic acids is 1. The SMILES string of the molecule is COc1cc(Br)c2c3c1OC1CC(=O)C=C(CNC2)C31. The van der Waals surface area contributed by atoms with Crippen molar-refractivity contribution in [2.45, 2.75) is 25.0 Å². The van der Waals surface area contributed by atoms with Gasteiger partial charge in [-0.1, -0.05) is 15.9 Å². The number of ketones is 1. The van der Waals surface area contributed by atoms with E-state index in [4.69, 9.17) is 9.47 Å². The molecule has 1 N–H and O–H groups in total. The number of hydrogen-bond donors (Lipinski definition) is 1. The summed E-state index contributed by atoms with van der Waals surface area (Å²) < 4.78 is 12.5. The molecule has 104 valence electrons. The number of carbonyl (C=O) groups is 1. The van der Waals surface area contributed by atoms with Crippen LogP contribution in [0.25, 0.3) is 0 Å². The van der Waals surface area contributed by atoms with E-state index in [1.807, 2.05) is 6.07 Å². The largest absolute Gasteiger partial charge is 0.493 e. The fraction of sp³-hybridized carbons (Fsp3) is 0.400. The van der Waals surface area contributed by atoms with Gasteiger partial charge in [0.2, 0.25) is 0 Å². The molecule has 0 amide bonds. The van der Waals surface area contributed by atoms with Crippen molar-refractivity contribution in [3.05, 3.63) is 33.3 Å². The quantitative estimate of drug-likeness (QED) is 0.855. The van der Waals surface area contributed by atoms with Crippen LogP contribution in [-0.2, 0) is 11.3 Å². The maximum atomic E-state index is 11.9. The highest BCUT2D eigenvalue weighted by molar-refractivity contribution is 9.10. The van der Waals surface area contributed by atoms with E-state index < -0.39 is 0 Å². The minimum Gasteiger partial charge on any atom is -0.493 e. The van der Waals surface area contributed by atoms with Gasteiger partial charge in [-0.15, -0.1) is 0 Å². The predicted octanol–water partition coefficient (Wildman–Crippen LogP) is 2.30. The fourth-order valence-corrected chi connectivity index (χ4v) is 4.05. The highest BCUT2D eigenvalue weighted by Gasteiger charge is 2.45. The smallest absolute Gasteiger partial charge is 0.165 e. The van der Waals surface area contributed by atoms with Gasteiger partial charge in [-0.05, 0) is 23.3 Å². The fourth-order valence-electron chi connectivity index (χ4n) is 3.48. The van der Waals surface area contributed by atoms with E-state index in [-0.39, 0.29) is 17.8 Å². The van der Waals surface area contributed by atoms with Crippen LogP contribution in [0.4, 0.5) is 0 Å². The second-order valence-electron chi connectivity index (χ2n) is 5.41. The van der Waals surface area contributed by atoms with Crippen molar-refractivity contribution in [3.8, 4) is 11.5 Å². The lowest BCUT2D eigenvalue weighted by atomic mass is 9.80. The van der Waals surface area contributed by atoms with Gasteiger partial charge in [0, 0.05) is 35.5 Å². The van der Waals surface area contributed by atoms with Crippen LogP contribution in [0.1, 0.15) is 23.5 Å². The maximum Gasteiger partial charge on any atom is 0.165 e. The summed E-state index contributed by atoms with van der Waals surface area (Å²) in [5, 5.41) is 3.40. The molecule has 0 radical (unpaired) electrons. The molecule has 0 saturated carbocycles. The third-order valence-electron chi connectivity index (χ3n) is 4.29. The average molecular weight is 336 g/mol. The molecule has 2 heterocycles. The topological polar surface area (TPSA) is 47.6 Å². The number of hydrogen-bond acceptors (Lipinski definition) is 4. The molecule has 0 saturated heterocycles. The van der Waals surface area contributed by atoms with Crippen LogP contribution in [0.3, 0.4) is 0 Å². The van der Waals surface area contributed by atoms with Crippen molar-refractivity contribution in [3.63, 3.8) is 0 Å². The van der Waals surface area contributed by atoms with Crippen LogP contribution in [0.15, 0.2) is 22.2 Å². The van der Waals surface area contributed by atoms with Gasteiger partial charge in [-0.3, -0.25) is 4.79 Å². The Morgan fingerprint density at radius 1 is 1.45 bits per heavy atom. The van der Waals surface area contributed by atoms with E-state index in [1.54, 1.807) is 13.2 Å². The van der Waals surface area contributed by atoms with Crippen molar-refractivity contribution in [1.82, 2.24) is 5.32 Å². The predicted molar refractivity (Wildman–Crippen MR) is 77.3 cm³/mol. The highest BCUT2D eigenvalue weighted by atomic mass is 79.9. The summed E-state index contributed by atoms with van der Waals surface area (Å²) in [5.41, 5.74) is 3.53. The second-order valence-corrected chi connectivity index (χ2v) is 6.26. The van der Waals surface area contributed by atoms with Gasteiger partial charge >= 0.3 is 0 Å². The minimum absolute atomic E-state index is 0.0839. The van der Waals surface area contributed by atoms with Crippen LogP contribution >= 0.6 is 15.9 Å². The van der Waals surface area contributed by atoms with E-state index in [0.717, 1.165) is 34.6 Å². The van der Waals surface area contributed by atoms with Gasteiger partial charge in [-0.25, -0.2) is 0 Å². The number of ether oxygens (including phenoxy) is 2. The van der Waals surface area contributed by atoms with Crippen LogP contribution < -0.4 is 14.8 Å². The summed E-state index contributed by atoms with van der Waals surface area (Å²) in [6, 6.07) is 1.95. The van der Waals surface area contributed by atoms with E-state index in [9.17, 15) is 4.79 Å². The third kappa shape index (κ3) is 1.59. The van der Waals surface area contributed by atoms with Crippen molar-refractivity contribution >= 4 is 21.7 Å². The standard InChI is InChI=1S/C15H14BrNO3/c1-19-12-4-10(16)9-6-17-5-7-2-8(18)3-11-13(7)14(9)15(12)20-11/h2,4,11,13,17H,3,5-6H2,1H3. The summed E-state index contributed by atoms with van der Waals surface area (Å²) in [6.45, 7) is 1.50. The summed E-state index contributed by atoms with van der Waals surface area (Å²) in [5.74, 6) is 1.88. The molecular weight excluding hydrogens is 322 g/mol. The summed E-state index contributed by atoms with van der Waals surface area (Å²) in [6.07, 6.45) is 2.15. The van der Waals surface area contributed by atoms with E-state index in [1.165, 1.54) is 11.1 Å². The molecule has 0 spiro atoms. The zero-order chi connectivity index (χ0) is 13.9. The number of benzene rings is 1. The first kappa shape index (κ1) is 12.4. The zero-order valence-corrected chi connectivity index (χ0v) is 12.6. The lowest BCUT2D eigenvalue weighted by Gasteiger charge is -2.24. The highest BCUT2D eigenvalue weighted by Crippen LogP contribution is 2.53. The Hall–Kier alpha value is -1.33. The number of halogens is 1. The number of nitrogens with one attached hydrogen (secondary N) is 1. The van der Waals surface area contributed by atoms with Crippen LogP contribution in [-0.4, -0.2) is 25.5 Å². The van der Waals surface area contributed by atoms with Gasteiger partial charge in [0.15, 0.2) is 17.3 Å². The van der Waals surface area contributed by atoms with Crippen LogP contribution in [0.5, 0.6) is 11.5 Å². The van der Waals surface area contributed by atoms with Crippen LogP contribution in [0, 0.1) is 0 Å². The summed E-state index contributed by atoms with van der Waals surface area (Å²) in [4.78, 5) is 11.9. The first-order chi connectivity index (χ1) is 9.69. The van der Waals surface area contributed by atoms with Gasteiger partial charge in [0.05, 0.1) is 7.11 Å². The molecule has 2 unspecified atom stereocenters. The summed E-state index contributed by atoms with van der Waals surface area (Å²) in [7, 11) is 1.65. The van der Waals surface area contributed by atoms with Crippen LogP contribution in [0.2, 0.25) is 0 Å². The lowest BCUT2D eigenvalue weighted by molar-refractivity contribution is -0.116. The molecular formula is C15H14BrNO3. The summed E-state index contributed by atoms with van der Waals surface area (Å²) >= 11 is 3.63. The first-order valence-electron chi connectivity index (χ1n) is 6.69. The minimum atomic E-state index is -0.0839. The lowest BCUT2D eigenvalue weighted by Crippen LogP contribution is -2.30. The molecule has 20 heavy (non-hydrogen) atoms. The molecule has 4 rings (SSSR count). The number of allylic oxidation sites excluding steroid dienone is 1. The molecule has 3 aliphatic rings. The Kier molecular flexibility index (Phi) is 2.69. The van der Waals surface area contributed by atoms with E-state index in [0.29, 0.717) is 6.42 Å². The molecule has 0 bridgehead atoms. The van der Waals surface area contributed by atoms with Gasteiger partial charge in [0.1, 0.15) is 6.10 Å². The molecule has 1 aromatic carbocycles. The number of methoxy groups -OCH3 is 1. The Morgan fingerprint density at radius 2 is 2.30 bits per heavy atom. The Balaban J connectivity index is 1.99. The molecule has 1 aliphatic carbocycles. The second kappa shape index (κ2) is 4.33. The Bertz CT molecular complexity index is 653. The third-order valence-corrected chi connectivity index (χ3v) is 5.00. The van der Waals surface area contributed by atoms with E-state index in [2.05, 4.69) is 21.2 Å². The monoisotopic (exact) mass is 335 g/mol. The van der Waals surface area contributed by atoms with Crippen molar-refractivity contribution < 1.29 is 14.3 Å². The number of rotatable bonds is 1. The van der Waals surface area contributed by atoms with Crippen molar-refractivity contribution in [2.75, 3.05) is 13.7 Å². The zero-order valence-electron chi connectivity index (χ0n) is 11.0. The Morgan fingerprint density at radius 3 is 3.10 bits per heavy atom. The van der Waals surface area contributed by atoms with Crippen molar-refractivity contribution in [1.29, 1.82) is 0 Å².